The van der Waals surface area contributed by atoms with Crippen LogP contribution in [0.15, 0.2) is 30.3 Å². The van der Waals surface area contributed by atoms with Crippen LogP contribution in [0.2, 0.25) is 5.02 Å². The number of piperazine rings is 1. The van der Waals surface area contributed by atoms with Crippen molar-refractivity contribution in [2.75, 3.05) is 39.3 Å². The molecule has 1 fully saturated rings. The molecule has 0 atom stereocenters. The van der Waals surface area contributed by atoms with Crippen molar-refractivity contribution in [3.8, 4) is 5.75 Å². The van der Waals surface area contributed by atoms with E-state index in [0.717, 1.165) is 45.0 Å². The minimum atomic E-state index is 0.0261. The van der Waals surface area contributed by atoms with E-state index in [1.807, 2.05) is 16.5 Å². The number of nitrogens with zero attached hydrogens (tertiary/aromatic N) is 4. The minimum absolute atomic E-state index is 0.0261. The molecule has 140 valence electrons. The summed E-state index contributed by atoms with van der Waals surface area (Å²) in [5, 5.41) is 5.15. The van der Waals surface area contributed by atoms with Gasteiger partial charge in [0.05, 0.1) is 12.2 Å². The van der Waals surface area contributed by atoms with E-state index in [-0.39, 0.29) is 12.5 Å². The largest absolute Gasteiger partial charge is 0.484 e. The van der Waals surface area contributed by atoms with Crippen LogP contribution in [0.1, 0.15) is 11.4 Å². The normalized spacial score (nSPS) is 15.3. The van der Waals surface area contributed by atoms with Gasteiger partial charge in [0, 0.05) is 43.4 Å². The van der Waals surface area contributed by atoms with Crippen molar-refractivity contribution in [2.24, 2.45) is 0 Å². The summed E-state index contributed by atoms with van der Waals surface area (Å²) in [7, 11) is 0. The van der Waals surface area contributed by atoms with Crippen molar-refractivity contribution in [3.63, 3.8) is 0 Å². The van der Waals surface area contributed by atoms with E-state index in [9.17, 15) is 4.79 Å². The number of amides is 1. The van der Waals surface area contributed by atoms with E-state index in [1.54, 1.807) is 24.3 Å². The quantitative estimate of drug-likeness (QED) is 0.776. The van der Waals surface area contributed by atoms with Crippen molar-refractivity contribution in [3.05, 3.63) is 46.7 Å². The topological polar surface area (TPSA) is 50.6 Å². The van der Waals surface area contributed by atoms with Gasteiger partial charge in [0.15, 0.2) is 6.61 Å². The summed E-state index contributed by atoms with van der Waals surface area (Å²) in [5.74, 6) is 0.685. The fraction of sp³-hybridized carbons (Fsp3) is 0.474. The second kappa shape index (κ2) is 8.56. The molecular formula is C19H25ClN4O2. The van der Waals surface area contributed by atoms with Gasteiger partial charge in [-0.2, -0.15) is 5.10 Å². The summed E-state index contributed by atoms with van der Waals surface area (Å²) in [4.78, 5) is 16.6. The van der Waals surface area contributed by atoms with Crippen LogP contribution in [-0.4, -0.2) is 64.8 Å². The maximum atomic E-state index is 12.3. The molecule has 0 aliphatic carbocycles. The number of ether oxygens (including phenoxy) is 1. The Balaban J connectivity index is 1.39. The second-order valence-electron chi connectivity index (χ2n) is 6.62. The molecular weight excluding hydrogens is 352 g/mol. The number of rotatable bonds is 6. The van der Waals surface area contributed by atoms with E-state index in [0.29, 0.717) is 10.8 Å². The number of carbonyl (C=O) groups excluding carboxylic acids is 1. The molecule has 0 bridgehead atoms. The van der Waals surface area contributed by atoms with Crippen LogP contribution in [0, 0.1) is 13.8 Å². The summed E-state index contributed by atoms with van der Waals surface area (Å²) in [6, 6.07) is 9.14. The van der Waals surface area contributed by atoms with E-state index < -0.39 is 0 Å². The summed E-state index contributed by atoms with van der Waals surface area (Å²) < 4.78 is 7.60. The van der Waals surface area contributed by atoms with E-state index in [1.165, 1.54) is 5.69 Å². The van der Waals surface area contributed by atoms with Gasteiger partial charge in [-0.3, -0.25) is 14.4 Å². The van der Waals surface area contributed by atoms with E-state index >= 15 is 0 Å². The lowest BCUT2D eigenvalue weighted by molar-refractivity contribution is -0.135. The van der Waals surface area contributed by atoms with Crippen LogP contribution in [0.5, 0.6) is 5.75 Å². The van der Waals surface area contributed by atoms with Crippen molar-refractivity contribution in [2.45, 2.75) is 20.4 Å². The zero-order chi connectivity index (χ0) is 18.5. The predicted molar refractivity (Wildman–Crippen MR) is 102 cm³/mol. The van der Waals surface area contributed by atoms with Crippen LogP contribution >= 0.6 is 11.6 Å². The molecule has 0 radical (unpaired) electrons. The highest BCUT2D eigenvalue weighted by molar-refractivity contribution is 6.30. The third kappa shape index (κ3) is 4.99. The standard InChI is InChI=1S/C19H25ClN4O2/c1-15-13-16(2)24(21-15)12-9-22-7-10-23(11-8-22)19(25)14-26-18-5-3-17(20)4-6-18/h3-6,13H,7-12,14H2,1-2H3. The van der Waals surface area contributed by atoms with Crippen LogP contribution in [0.3, 0.4) is 0 Å². The molecule has 3 rings (SSSR count). The third-order valence-electron chi connectivity index (χ3n) is 4.63. The zero-order valence-corrected chi connectivity index (χ0v) is 16.1. The Hall–Kier alpha value is -2.05. The molecule has 1 amide bonds. The highest BCUT2D eigenvalue weighted by Gasteiger charge is 2.21. The lowest BCUT2D eigenvalue weighted by Gasteiger charge is -2.34. The molecule has 2 heterocycles. The Bertz CT molecular complexity index is 736. The fourth-order valence-corrected chi connectivity index (χ4v) is 3.25. The Morgan fingerprint density at radius 3 is 2.42 bits per heavy atom. The minimum Gasteiger partial charge on any atom is -0.484 e. The Morgan fingerprint density at radius 2 is 1.81 bits per heavy atom. The first-order valence-electron chi connectivity index (χ1n) is 8.91. The molecule has 6 nitrogen and oxygen atoms in total. The van der Waals surface area contributed by atoms with Crippen LogP contribution in [0.25, 0.3) is 0 Å². The molecule has 1 saturated heterocycles. The molecule has 1 aromatic carbocycles. The van der Waals surface area contributed by atoms with Crippen molar-refractivity contribution >= 4 is 17.5 Å². The molecule has 1 aromatic heterocycles. The van der Waals surface area contributed by atoms with Crippen LogP contribution in [-0.2, 0) is 11.3 Å². The number of hydrogen-bond acceptors (Lipinski definition) is 4. The smallest absolute Gasteiger partial charge is 0.260 e. The van der Waals surface area contributed by atoms with Gasteiger partial charge in [0.25, 0.3) is 5.91 Å². The number of benzene rings is 1. The zero-order valence-electron chi connectivity index (χ0n) is 15.3. The molecule has 1 aliphatic rings. The average Bonchev–Trinajstić information content (AvgIpc) is 2.97. The second-order valence-corrected chi connectivity index (χ2v) is 7.05. The fourth-order valence-electron chi connectivity index (χ4n) is 3.13. The predicted octanol–water partition coefficient (Wildman–Crippen LogP) is 2.38. The lowest BCUT2D eigenvalue weighted by atomic mass is 10.3. The molecule has 0 saturated carbocycles. The molecule has 7 heteroatoms. The van der Waals surface area contributed by atoms with Crippen molar-refractivity contribution in [1.82, 2.24) is 19.6 Å². The summed E-state index contributed by atoms with van der Waals surface area (Å²) in [6.45, 7) is 9.22. The molecule has 0 unspecified atom stereocenters. The molecule has 1 aliphatic heterocycles. The van der Waals surface area contributed by atoms with E-state index in [2.05, 4.69) is 23.0 Å². The first-order chi connectivity index (χ1) is 12.5. The first-order valence-corrected chi connectivity index (χ1v) is 9.28. The van der Waals surface area contributed by atoms with Gasteiger partial charge in [0.2, 0.25) is 0 Å². The Labute approximate surface area is 159 Å². The first kappa shape index (κ1) is 18.7. The number of aryl methyl sites for hydroxylation is 2. The van der Waals surface area contributed by atoms with Gasteiger partial charge in [-0.25, -0.2) is 0 Å². The molecule has 0 spiro atoms. The monoisotopic (exact) mass is 376 g/mol. The summed E-state index contributed by atoms with van der Waals surface area (Å²) in [5.41, 5.74) is 2.24. The third-order valence-corrected chi connectivity index (χ3v) is 4.88. The van der Waals surface area contributed by atoms with E-state index in [4.69, 9.17) is 16.3 Å². The average molecular weight is 377 g/mol. The Morgan fingerprint density at radius 1 is 1.12 bits per heavy atom. The molecule has 0 N–H and O–H groups in total. The lowest BCUT2D eigenvalue weighted by Crippen LogP contribution is -2.50. The number of halogens is 1. The van der Waals surface area contributed by atoms with Crippen molar-refractivity contribution in [1.29, 1.82) is 0 Å². The number of carbonyl (C=O) groups is 1. The SMILES string of the molecule is Cc1cc(C)n(CCN2CCN(C(=O)COc3ccc(Cl)cc3)CC2)n1. The highest BCUT2D eigenvalue weighted by Crippen LogP contribution is 2.15. The van der Waals surface area contributed by atoms with Crippen LogP contribution < -0.4 is 4.74 Å². The van der Waals surface area contributed by atoms with Gasteiger partial charge in [-0.1, -0.05) is 11.6 Å². The van der Waals surface area contributed by atoms with Gasteiger partial charge in [0.1, 0.15) is 5.75 Å². The van der Waals surface area contributed by atoms with Gasteiger partial charge in [-0.15, -0.1) is 0 Å². The number of aromatic nitrogens is 2. The van der Waals surface area contributed by atoms with Gasteiger partial charge in [-0.05, 0) is 44.2 Å². The summed E-state index contributed by atoms with van der Waals surface area (Å²) >= 11 is 5.84. The van der Waals surface area contributed by atoms with Crippen LogP contribution in [0.4, 0.5) is 0 Å². The number of hydrogen-bond donors (Lipinski definition) is 0. The summed E-state index contributed by atoms with van der Waals surface area (Å²) in [6.07, 6.45) is 0. The highest BCUT2D eigenvalue weighted by atomic mass is 35.5. The maximum absolute atomic E-state index is 12.3. The van der Waals surface area contributed by atoms with Crippen molar-refractivity contribution < 1.29 is 9.53 Å². The molecule has 2 aromatic rings. The Kier molecular flexibility index (Phi) is 6.16. The van der Waals surface area contributed by atoms with Gasteiger partial charge < -0.3 is 9.64 Å². The molecule has 26 heavy (non-hydrogen) atoms. The van der Waals surface area contributed by atoms with Gasteiger partial charge >= 0.3 is 0 Å². The maximum Gasteiger partial charge on any atom is 0.260 e.